The van der Waals surface area contributed by atoms with Gasteiger partial charge in [0.05, 0.1) is 17.5 Å². The lowest BCUT2D eigenvalue weighted by atomic mass is 9.80. The Labute approximate surface area is 152 Å². The Morgan fingerprint density at radius 3 is 2.69 bits per heavy atom. The van der Waals surface area contributed by atoms with Gasteiger partial charge >= 0.3 is 0 Å². The fourth-order valence-corrected chi connectivity index (χ4v) is 4.25. The largest absolute Gasteiger partial charge is 0.377 e. The van der Waals surface area contributed by atoms with E-state index in [1.165, 1.54) is 12.5 Å². The summed E-state index contributed by atoms with van der Waals surface area (Å²) in [6, 6.07) is 6.80. The van der Waals surface area contributed by atoms with Gasteiger partial charge in [-0.15, -0.1) is 0 Å². The molecule has 1 saturated carbocycles. The first kappa shape index (κ1) is 17.0. The Bertz CT molecular complexity index is 821. The number of hydrogen-bond donors (Lipinski definition) is 2. The molecule has 4 nitrogen and oxygen atoms in total. The summed E-state index contributed by atoms with van der Waals surface area (Å²) in [5, 5.41) is 6.28. The minimum atomic E-state index is -0.619. The van der Waals surface area contributed by atoms with Crippen molar-refractivity contribution in [2.75, 3.05) is 5.32 Å². The molecule has 4 rings (SSSR count). The third-order valence-electron chi connectivity index (χ3n) is 5.75. The Morgan fingerprint density at radius 1 is 1.19 bits per heavy atom. The highest BCUT2D eigenvalue weighted by Crippen LogP contribution is 2.36. The second-order valence-electron chi connectivity index (χ2n) is 7.78. The number of anilines is 1. The molecule has 1 aromatic rings. The number of carbonyl (C=O) groups excluding carboxylic acids is 2. The predicted octanol–water partition coefficient (Wildman–Crippen LogP) is 3.91. The Hall–Kier alpha value is -2.43. The zero-order valence-corrected chi connectivity index (χ0v) is 14.8. The molecule has 1 aromatic carbocycles. The standard InChI is InChI=1S/C21H23FN2O2/c1-21(9-5-2-6-10-21)24-20(26)14-12-18-15(11-16(14)22)19(25)13-7-3-4-8-17(13)23-18/h3-4,7-8,11-12,15,18,23H,2,5-6,9-10H2,1H3,(H,24,26). The Kier molecular flexibility index (Phi) is 4.17. The number of fused-ring (bicyclic) bond motifs is 2. The molecule has 0 radical (unpaired) electrons. The summed E-state index contributed by atoms with van der Waals surface area (Å²) in [7, 11) is 0. The molecule has 136 valence electrons. The highest BCUT2D eigenvalue weighted by Gasteiger charge is 2.38. The summed E-state index contributed by atoms with van der Waals surface area (Å²) in [4.78, 5) is 25.4. The maximum absolute atomic E-state index is 14.6. The van der Waals surface area contributed by atoms with Gasteiger partial charge in [-0.3, -0.25) is 9.59 Å². The highest BCUT2D eigenvalue weighted by molar-refractivity contribution is 6.07. The van der Waals surface area contributed by atoms with Crippen LogP contribution in [0.5, 0.6) is 0 Å². The van der Waals surface area contributed by atoms with Gasteiger partial charge in [-0.1, -0.05) is 31.4 Å². The van der Waals surface area contributed by atoms with E-state index in [0.717, 1.165) is 31.4 Å². The number of ketones is 1. The smallest absolute Gasteiger partial charge is 0.254 e. The normalized spacial score (nSPS) is 26.6. The molecule has 2 atom stereocenters. The topological polar surface area (TPSA) is 58.2 Å². The lowest BCUT2D eigenvalue weighted by Crippen LogP contribution is -2.48. The maximum Gasteiger partial charge on any atom is 0.254 e. The number of benzene rings is 1. The molecule has 3 aliphatic rings. The number of rotatable bonds is 2. The summed E-state index contributed by atoms with van der Waals surface area (Å²) in [5.41, 5.74) is 1.03. The molecule has 2 aliphatic carbocycles. The van der Waals surface area contributed by atoms with E-state index in [4.69, 9.17) is 0 Å². The molecule has 1 aliphatic heterocycles. The first-order valence-electron chi connectivity index (χ1n) is 9.29. The number of halogens is 1. The van der Waals surface area contributed by atoms with Crippen LogP contribution in [0.15, 0.2) is 47.8 Å². The molecule has 2 unspecified atom stereocenters. The van der Waals surface area contributed by atoms with Gasteiger partial charge in [0, 0.05) is 16.8 Å². The number of nitrogens with one attached hydrogen (secondary N) is 2. The molecule has 5 heteroatoms. The maximum atomic E-state index is 14.6. The number of Topliss-reactive ketones (excluding diaryl/α,β-unsaturated/α-hetero) is 1. The van der Waals surface area contributed by atoms with Crippen molar-refractivity contribution >= 4 is 17.4 Å². The molecule has 0 saturated heterocycles. The van der Waals surface area contributed by atoms with Crippen molar-refractivity contribution in [2.45, 2.75) is 50.6 Å². The monoisotopic (exact) mass is 354 g/mol. The zero-order valence-electron chi connectivity index (χ0n) is 14.8. The first-order valence-corrected chi connectivity index (χ1v) is 9.29. The van der Waals surface area contributed by atoms with Gasteiger partial charge in [-0.25, -0.2) is 4.39 Å². The van der Waals surface area contributed by atoms with Crippen LogP contribution in [0, 0.1) is 5.92 Å². The van der Waals surface area contributed by atoms with E-state index in [1.54, 1.807) is 18.2 Å². The van der Waals surface area contributed by atoms with Gasteiger partial charge in [-0.2, -0.15) is 0 Å². The first-order chi connectivity index (χ1) is 12.5. The van der Waals surface area contributed by atoms with E-state index < -0.39 is 23.7 Å². The average Bonchev–Trinajstić information content (AvgIpc) is 2.62. The summed E-state index contributed by atoms with van der Waals surface area (Å²) in [6.45, 7) is 2.02. The molecule has 0 aromatic heterocycles. The van der Waals surface area contributed by atoms with Crippen LogP contribution in [0.3, 0.4) is 0 Å². The van der Waals surface area contributed by atoms with Crippen LogP contribution in [0.1, 0.15) is 49.4 Å². The molecule has 26 heavy (non-hydrogen) atoms. The van der Waals surface area contributed by atoms with Crippen molar-refractivity contribution in [1.82, 2.24) is 5.32 Å². The van der Waals surface area contributed by atoms with E-state index in [-0.39, 0.29) is 16.9 Å². The lowest BCUT2D eigenvalue weighted by Gasteiger charge is -2.36. The summed E-state index contributed by atoms with van der Waals surface area (Å²) in [6.07, 6.45) is 8.00. The number of para-hydroxylation sites is 1. The van der Waals surface area contributed by atoms with Crippen LogP contribution in [-0.2, 0) is 4.79 Å². The molecule has 0 bridgehead atoms. The Morgan fingerprint density at radius 2 is 1.92 bits per heavy atom. The fourth-order valence-electron chi connectivity index (χ4n) is 4.25. The minimum Gasteiger partial charge on any atom is -0.377 e. The van der Waals surface area contributed by atoms with E-state index in [9.17, 15) is 14.0 Å². The van der Waals surface area contributed by atoms with E-state index in [2.05, 4.69) is 10.6 Å². The van der Waals surface area contributed by atoms with Gasteiger partial charge in [0.25, 0.3) is 5.91 Å². The second-order valence-corrected chi connectivity index (χ2v) is 7.78. The minimum absolute atomic E-state index is 0.0257. The number of hydrogen-bond acceptors (Lipinski definition) is 3. The molecule has 0 spiro atoms. The van der Waals surface area contributed by atoms with Crippen molar-refractivity contribution in [2.24, 2.45) is 5.92 Å². The van der Waals surface area contributed by atoms with E-state index in [1.807, 2.05) is 19.1 Å². The van der Waals surface area contributed by atoms with Gasteiger partial charge in [-0.05, 0) is 44.1 Å². The van der Waals surface area contributed by atoms with Crippen molar-refractivity contribution < 1.29 is 14.0 Å². The fraction of sp³-hybridized carbons (Fsp3) is 0.429. The second kappa shape index (κ2) is 6.38. The van der Waals surface area contributed by atoms with Crippen molar-refractivity contribution in [3.8, 4) is 0 Å². The van der Waals surface area contributed by atoms with Gasteiger partial charge in [0.1, 0.15) is 5.83 Å². The summed E-state index contributed by atoms with van der Waals surface area (Å²) < 4.78 is 14.6. The number of carbonyl (C=O) groups is 2. The summed E-state index contributed by atoms with van der Waals surface area (Å²) in [5.74, 6) is -1.74. The lowest BCUT2D eigenvalue weighted by molar-refractivity contribution is -0.119. The number of amides is 1. The van der Waals surface area contributed by atoms with Crippen LogP contribution in [0.4, 0.5) is 10.1 Å². The van der Waals surface area contributed by atoms with Crippen molar-refractivity contribution in [3.63, 3.8) is 0 Å². The zero-order chi connectivity index (χ0) is 18.3. The summed E-state index contributed by atoms with van der Waals surface area (Å²) >= 11 is 0. The highest BCUT2D eigenvalue weighted by atomic mass is 19.1. The molecule has 2 N–H and O–H groups in total. The quantitative estimate of drug-likeness (QED) is 0.846. The predicted molar refractivity (Wildman–Crippen MR) is 98.6 cm³/mol. The molecular formula is C21H23FN2O2. The average molecular weight is 354 g/mol. The van der Waals surface area contributed by atoms with Crippen LogP contribution in [0.25, 0.3) is 0 Å². The van der Waals surface area contributed by atoms with Crippen molar-refractivity contribution in [1.29, 1.82) is 0 Å². The molecule has 1 heterocycles. The van der Waals surface area contributed by atoms with Crippen LogP contribution in [-0.4, -0.2) is 23.3 Å². The van der Waals surface area contributed by atoms with Crippen LogP contribution < -0.4 is 10.6 Å². The Balaban J connectivity index is 1.59. The SMILES string of the molecule is CC1(NC(=O)C2=CC3Nc4ccccc4C(=O)C3C=C2F)CCCCC1. The third kappa shape index (κ3) is 2.96. The van der Waals surface area contributed by atoms with Gasteiger partial charge in [0.15, 0.2) is 5.78 Å². The van der Waals surface area contributed by atoms with Crippen LogP contribution in [0.2, 0.25) is 0 Å². The molecule has 1 fully saturated rings. The van der Waals surface area contributed by atoms with E-state index in [0.29, 0.717) is 5.56 Å². The van der Waals surface area contributed by atoms with Gasteiger partial charge < -0.3 is 10.6 Å². The van der Waals surface area contributed by atoms with Gasteiger partial charge in [0.2, 0.25) is 0 Å². The molecule has 1 amide bonds. The van der Waals surface area contributed by atoms with E-state index >= 15 is 0 Å². The van der Waals surface area contributed by atoms with Crippen LogP contribution >= 0.6 is 0 Å². The third-order valence-corrected chi connectivity index (χ3v) is 5.75. The van der Waals surface area contributed by atoms with Crippen molar-refractivity contribution in [3.05, 3.63) is 53.4 Å². The molecular weight excluding hydrogens is 331 g/mol.